The van der Waals surface area contributed by atoms with E-state index < -0.39 is 14.2 Å². The second-order valence-electron chi connectivity index (χ2n) is 3.92. The maximum absolute atomic E-state index is 11.7. The fraction of sp³-hybridized carbons (Fsp3) is 0.667. The number of rotatable bonds is 4. The largest absolute Gasteiger partial charge is 0.293 e. The third-order valence-corrected chi connectivity index (χ3v) is 6.81. The van der Waals surface area contributed by atoms with Crippen LogP contribution in [0.5, 0.6) is 0 Å². The SMILES string of the molecule is C=C(C)C(=O)C1CSC(C)(CS(=O)(=O)O)S1. The second-order valence-corrected chi connectivity index (χ2v) is 8.86. The molecule has 0 spiro atoms. The van der Waals surface area contributed by atoms with Crippen molar-refractivity contribution in [2.75, 3.05) is 11.5 Å². The Balaban J connectivity index is 2.71. The molecule has 1 N–H and O–H groups in total. The summed E-state index contributed by atoms with van der Waals surface area (Å²) in [5, 5.41) is -0.255. The van der Waals surface area contributed by atoms with Gasteiger partial charge in [-0.25, -0.2) is 0 Å². The zero-order chi connectivity index (χ0) is 12.6. The molecule has 0 aromatic heterocycles. The smallest absolute Gasteiger partial charge is 0.267 e. The molecule has 16 heavy (non-hydrogen) atoms. The van der Waals surface area contributed by atoms with Crippen molar-refractivity contribution in [1.29, 1.82) is 0 Å². The van der Waals surface area contributed by atoms with E-state index in [-0.39, 0.29) is 16.8 Å². The average Bonchev–Trinajstić information content (AvgIpc) is 2.42. The third-order valence-electron chi connectivity index (χ3n) is 2.09. The molecule has 0 aliphatic carbocycles. The van der Waals surface area contributed by atoms with Crippen LogP contribution >= 0.6 is 23.5 Å². The molecule has 1 aliphatic heterocycles. The fourth-order valence-electron chi connectivity index (χ4n) is 1.43. The maximum atomic E-state index is 11.7. The van der Waals surface area contributed by atoms with Crippen LogP contribution in [0.4, 0.5) is 0 Å². The van der Waals surface area contributed by atoms with Crippen molar-refractivity contribution in [3.8, 4) is 0 Å². The zero-order valence-electron chi connectivity index (χ0n) is 9.10. The molecule has 1 rings (SSSR count). The average molecular weight is 282 g/mol. The minimum absolute atomic E-state index is 0.0448. The van der Waals surface area contributed by atoms with E-state index in [1.165, 1.54) is 23.5 Å². The summed E-state index contributed by atoms with van der Waals surface area (Å²) in [6.45, 7) is 6.95. The molecule has 1 aliphatic rings. The van der Waals surface area contributed by atoms with Crippen molar-refractivity contribution in [1.82, 2.24) is 0 Å². The lowest BCUT2D eigenvalue weighted by Crippen LogP contribution is -2.26. The van der Waals surface area contributed by atoms with Gasteiger partial charge in [0.1, 0.15) is 0 Å². The van der Waals surface area contributed by atoms with Gasteiger partial charge in [0.2, 0.25) is 0 Å². The monoisotopic (exact) mass is 282 g/mol. The highest BCUT2D eigenvalue weighted by Gasteiger charge is 2.42. The lowest BCUT2D eigenvalue weighted by molar-refractivity contribution is -0.114. The number of hydrogen-bond acceptors (Lipinski definition) is 5. The van der Waals surface area contributed by atoms with E-state index in [0.29, 0.717) is 11.3 Å². The predicted octanol–water partition coefficient (Wildman–Crippen LogP) is 1.58. The third kappa shape index (κ3) is 3.80. The topological polar surface area (TPSA) is 71.4 Å². The van der Waals surface area contributed by atoms with Gasteiger partial charge < -0.3 is 0 Å². The molecule has 0 amide bonds. The van der Waals surface area contributed by atoms with Crippen LogP contribution in [0.25, 0.3) is 0 Å². The molecule has 0 saturated carbocycles. The second kappa shape index (κ2) is 4.72. The summed E-state index contributed by atoms with van der Waals surface area (Å²) >= 11 is 2.68. The quantitative estimate of drug-likeness (QED) is 0.623. The van der Waals surface area contributed by atoms with Gasteiger partial charge in [0.25, 0.3) is 10.1 Å². The van der Waals surface area contributed by atoms with Crippen molar-refractivity contribution in [2.24, 2.45) is 0 Å². The molecule has 2 atom stereocenters. The van der Waals surface area contributed by atoms with Crippen LogP contribution in [0.2, 0.25) is 0 Å². The zero-order valence-corrected chi connectivity index (χ0v) is 11.5. The molecule has 0 bridgehead atoms. The maximum Gasteiger partial charge on any atom is 0.267 e. The Kier molecular flexibility index (Phi) is 4.15. The minimum atomic E-state index is -4.01. The number of allylic oxidation sites excluding steroid dienone is 1. The van der Waals surface area contributed by atoms with E-state index in [9.17, 15) is 13.2 Å². The van der Waals surface area contributed by atoms with Crippen LogP contribution in [0, 0.1) is 0 Å². The number of hydrogen-bond donors (Lipinski definition) is 1. The number of Topliss-reactive ketones (excluding diaryl/α,β-unsaturated/α-hetero) is 1. The van der Waals surface area contributed by atoms with Crippen LogP contribution < -0.4 is 0 Å². The molecule has 4 nitrogen and oxygen atoms in total. The number of ketones is 1. The van der Waals surface area contributed by atoms with Crippen molar-refractivity contribution in [3.05, 3.63) is 12.2 Å². The van der Waals surface area contributed by atoms with Crippen molar-refractivity contribution >= 4 is 39.4 Å². The molecule has 2 unspecified atom stereocenters. The molecule has 1 heterocycles. The van der Waals surface area contributed by atoms with Gasteiger partial charge in [-0.1, -0.05) is 6.58 Å². The first-order chi connectivity index (χ1) is 7.13. The number of thioether (sulfide) groups is 2. The van der Waals surface area contributed by atoms with Crippen molar-refractivity contribution < 1.29 is 17.8 Å². The van der Waals surface area contributed by atoms with Crippen molar-refractivity contribution in [3.63, 3.8) is 0 Å². The summed E-state index contributed by atoms with van der Waals surface area (Å²) in [5.74, 6) is 0.175. The minimum Gasteiger partial charge on any atom is -0.293 e. The van der Waals surface area contributed by atoms with E-state index in [1.807, 2.05) is 0 Å². The summed E-state index contributed by atoms with van der Waals surface area (Å²) in [5.41, 5.74) is 0.481. The summed E-state index contributed by atoms with van der Waals surface area (Å²) in [6, 6.07) is 0. The molecule has 7 heteroatoms. The first-order valence-electron chi connectivity index (χ1n) is 4.60. The number of carbonyl (C=O) groups excluding carboxylic acids is 1. The highest BCUT2D eigenvalue weighted by molar-refractivity contribution is 8.22. The van der Waals surface area contributed by atoms with Crippen molar-refractivity contribution in [2.45, 2.75) is 23.2 Å². The van der Waals surface area contributed by atoms with Crippen LogP contribution in [-0.4, -0.2) is 39.6 Å². The Morgan fingerprint density at radius 1 is 1.62 bits per heavy atom. The molecule has 92 valence electrons. The van der Waals surface area contributed by atoms with E-state index >= 15 is 0 Å². The van der Waals surface area contributed by atoms with Gasteiger partial charge in [0, 0.05) is 5.75 Å². The molecular weight excluding hydrogens is 268 g/mol. The first-order valence-corrected chi connectivity index (χ1v) is 8.07. The van der Waals surface area contributed by atoms with Crippen LogP contribution in [-0.2, 0) is 14.9 Å². The van der Waals surface area contributed by atoms with E-state index in [1.54, 1.807) is 13.8 Å². The van der Waals surface area contributed by atoms with Gasteiger partial charge in [0.15, 0.2) is 5.78 Å². The molecule has 1 fully saturated rings. The van der Waals surface area contributed by atoms with Crippen LogP contribution in [0.3, 0.4) is 0 Å². The van der Waals surface area contributed by atoms with Gasteiger partial charge in [-0.05, 0) is 19.4 Å². The van der Waals surface area contributed by atoms with E-state index in [2.05, 4.69) is 6.58 Å². The number of carbonyl (C=O) groups is 1. The van der Waals surface area contributed by atoms with Gasteiger partial charge in [-0.3, -0.25) is 9.35 Å². The van der Waals surface area contributed by atoms with Gasteiger partial charge >= 0.3 is 0 Å². The van der Waals surface area contributed by atoms with Gasteiger partial charge in [-0.2, -0.15) is 8.42 Å². The first kappa shape index (κ1) is 14.1. The predicted molar refractivity (Wildman–Crippen MR) is 68.5 cm³/mol. The Morgan fingerprint density at radius 3 is 2.62 bits per heavy atom. The highest BCUT2D eigenvalue weighted by Crippen LogP contribution is 2.49. The summed E-state index contributed by atoms with van der Waals surface area (Å²) in [7, 11) is -4.01. The molecular formula is C9H14O4S3. The Labute approximate surface area is 104 Å². The Bertz CT molecular complexity index is 414. The standard InChI is InChI=1S/C9H14O4S3/c1-6(2)8(10)7-4-14-9(3,15-7)5-16(11,12)13/h7H,1,4-5H2,2-3H3,(H,11,12,13). The molecule has 0 radical (unpaired) electrons. The summed E-state index contributed by atoms with van der Waals surface area (Å²) in [4.78, 5) is 11.7. The molecule has 1 saturated heterocycles. The van der Waals surface area contributed by atoms with Crippen LogP contribution in [0.1, 0.15) is 13.8 Å². The Hall–Kier alpha value is 0.0200. The normalized spacial score (nSPS) is 30.3. The summed E-state index contributed by atoms with van der Waals surface area (Å²) < 4.78 is 29.8. The van der Waals surface area contributed by atoms with Crippen LogP contribution in [0.15, 0.2) is 12.2 Å². The van der Waals surface area contributed by atoms with Gasteiger partial charge in [0.05, 0.1) is 15.1 Å². The summed E-state index contributed by atoms with van der Waals surface area (Å²) in [6.07, 6.45) is 0. The molecule has 0 aromatic carbocycles. The molecule has 0 aromatic rings. The Morgan fingerprint density at radius 2 is 2.19 bits per heavy atom. The van der Waals surface area contributed by atoms with E-state index in [0.717, 1.165) is 0 Å². The highest BCUT2D eigenvalue weighted by atomic mass is 32.2. The fourth-order valence-corrected chi connectivity index (χ4v) is 6.46. The lowest BCUT2D eigenvalue weighted by atomic mass is 10.2. The van der Waals surface area contributed by atoms with Gasteiger partial charge in [-0.15, -0.1) is 23.5 Å². The van der Waals surface area contributed by atoms with E-state index in [4.69, 9.17) is 4.55 Å². The lowest BCUT2D eigenvalue weighted by Gasteiger charge is -2.20.